The summed E-state index contributed by atoms with van der Waals surface area (Å²) in [6, 6.07) is 11.7. The summed E-state index contributed by atoms with van der Waals surface area (Å²) in [5.41, 5.74) is 1.84. The molecule has 5 nitrogen and oxygen atoms in total. The van der Waals surface area contributed by atoms with Gasteiger partial charge in [0.15, 0.2) is 0 Å². The van der Waals surface area contributed by atoms with E-state index in [1.807, 2.05) is 30.3 Å². The van der Waals surface area contributed by atoms with Crippen molar-refractivity contribution in [2.75, 3.05) is 36.0 Å². The molecule has 1 aromatic heterocycles. The van der Waals surface area contributed by atoms with E-state index in [2.05, 4.69) is 25.8 Å². The number of halogens is 1. The van der Waals surface area contributed by atoms with Gasteiger partial charge in [-0.15, -0.1) is 0 Å². The Bertz CT molecular complexity index is 657. The Morgan fingerprint density at radius 1 is 1.00 bits per heavy atom. The number of rotatable bonds is 2. The fourth-order valence-electron chi connectivity index (χ4n) is 2.44. The van der Waals surface area contributed by atoms with Gasteiger partial charge in [0.25, 0.3) is 0 Å². The highest BCUT2D eigenvalue weighted by Gasteiger charge is 2.18. The lowest BCUT2D eigenvalue weighted by atomic mass is 10.2. The molecule has 2 aromatic rings. The van der Waals surface area contributed by atoms with Crippen molar-refractivity contribution >= 4 is 23.1 Å². The van der Waals surface area contributed by atoms with Crippen molar-refractivity contribution < 1.29 is 0 Å². The number of benzene rings is 1. The van der Waals surface area contributed by atoms with Gasteiger partial charge >= 0.3 is 0 Å². The van der Waals surface area contributed by atoms with E-state index >= 15 is 0 Å². The summed E-state index contributed by atoms with van der Waals surface area (Å²) in [6.07, 6.45) is 1.68. The summed E-state index contributed by atoms with van der Waals surface area (Å²) >= 11 is 5.83. The lowest BCUT2D eigenvalue weighted by Gasteiger charge is -2.36. The Kier molecular flexibility index (Phi) is 3.89. The average molecular weight is 300 g/mol. The van der Waals surface area contributed by atoms with Crippen LogP contribution in [0.2, 0.25) is 5.28 Å². The summed E-state index contributed by atoms with van der Waals surface area (Å²) in [7, 11) is 0. The summed E-state index contributed by atoms with van der Waals surface area (Å²) in [4.78, 5) is 12.7. The number of aromatic nitrogens is 2. The number of anilines is 2. The van der Waals surface area contributed by atoms with Gasteiger partial charge in [-0.3, -0.25) is 0 Å². The molecule has 0 unspecified atom stereocenters. The lowest BCUT2D eigenvalue weighted by Crippen LogP contribution is -2.46. The van der Waals surface area contributed by atoms with E-state index in [4.69, 9.17) is 16.9 Å². The van der Waals surface area contributed by atoms with Crippen molar-refractivity contribution in [1.82, 2.24) is 9.97 Å². The standard InChI is InChI=1S/C15H14ClN5/c16-15-18-6-5-14(19-15)21-9-7-20(8-10-21)13-3-1-12(11-17)2-4-13/h1-6H,7-10H2. The molecule has 0 atom stereocenters. The number of piperazine rings is 1. The van der Waals surface area contributed by atoms with Crippen molar-refractivity contribution in [1.29, 1.82) is 5.26 Å². The molecule has 6 heteroatoms. The SMILES string of the molecule is N#Cc1ccc(N2CCN(c3ccnc(Cl)n3)CC2)cc1. The van der Waals surface area contributed by atoms with Gasteiger partial charge in [-0.05, 0) is 41.9 Å². The first kappa shape index (κ1) is 13.7. The molecule has 2 heterocycles. The molecule has 0 saturated carbocycles. The minimum absolute atomic E-state index is 0.280. The zero-order chi connectivity index (χ0) is 14.7. The summed E-state index contributed by atoms with van der Waals surface area (Å²) in [5.74, 6) is 0.870. The van der Waals surface area contributed by atoms with E-state index in [-0.39, 0.29) is 5.28 Å². The molecule has 21 heavy (non-hydrogen) atoms. The third kappa shape index (κ3) is 3.06. The number of hydrogen-bond acceptors (Lipinski definition) is 5. The van der Waals surface area contributed by atoms with Gasteiger partial charge in [-0.25, -0.2) is 9.97 Å². The maximum atomic E-state index is 8.83. The smallest absolute Gasteiger partial charge is 0.224 e. The van der Waals surface area contributed by atoms with Crippen LogP contribution in [0.15, 0.2) is 36.5 Å². The van der Waals surface area contributed by atoms with Crippen LogP contribution in [0, 0.1) is 11.3 Å². The number of hydrogen-bond donors (Lipinski definition) is 0. The normalized spacial score (nSPS) is 14.9. The molecule has 1 aliphatic heterocycles. The van der Waals surface area contributed by atoms with Gasteiger partial charge in [-0.2, -0.15) is 5.26 Å². The molecule has 0 aliphatic carbocycles. The van der Waals surface area contributed by atoms with Crippen molar-refractivity contribution in [3.63, 3.8) is 0 Å². The summed E-state index contributed by atoms with van der Waals surface area (Å²) < 4.78 is 0. The quantitative estimate of drug-likeness (QED) is 0.797. The minimum Gasteiger partial charge on any atom is -0.368 e. The van der Waals surface area contributed by atoms with Crippen LogP contribution in [-0.4, -0.2) is 36.1 Å². The number of nitriles is 1. The second-order valence-corrected chi connectivity index (χ2v) is 5.15. The molecule has 1 aromatic carbocycles. The van der Waals surface area contributed by atoms with Crippen LogP contribution in [0.4, 0.5) is 11.5 Å². The molecule has 1 saturated heterocycles. The highest BCUT2D eigenvalue weighted by molar-refractivity contribution is 6.28. The lowest BCUT2D eigenvalue weighted by molar-refractivity contribution is 0.647. The fourth-order valence-corrected chi connectivity index (χ4v) is 2.59. The summed E-state index contributed by atoms with van der Waals surface area (Å²) in [5, 5.41) is 9.11. The average Bonchev–Trinajstić information content (AvgIpc) is 2.55. The molecule has 0 N–H and O–H groups in total. The Hall–Kier alpha value is -2.32. The molecule has 1 fully saturated rings. The molecule has 0 radical (unpaired) electrons. The zero-order valence-corrected chi connectivity index (χ0v) is 12.2. The van der Waals surface area contributed by atoms with E-state index in [0.717, 1.165) is 37.7 Å². The van der Waals surface area contributed by atoms with Crippen molar-refractivity contribution in [3.8, 4) is 6.07 Å². The maximum Gasteiger partial charge on any atom is 0.224 e. The highest BCUT2D eigenvalue weighted by Crippen LogP contribution is 2.20. The molecule has 0 amide bonds. The first-order valence-electron chi connectivity index (χ1n) is 6.75. The first-order valence-corrected chi connectivity index (χ1v) is 7.13. The molecular formula is C15H14ClN5. The van der Waals surface area contributed by atoms with E-state index in [1.54, 1.807) is 6.20 Å². The van der Waals surface area contributed by atoms with Crippen molar-refractivity contribution in [3.05, 3.63) is 47.4 Å². The third-order valence-electron chi connectivity index (χ3n) is 3.58. The number of nitrogens with zero attached hydrogens (tertiary/aromatic N) is 5. The topological polar surface area (TPSA) is 56.1 Å². The Labute approximate surface area is 128 Å². The Morgan fingerprint density at radius 3 is 2.29 bits per heavy atom. The van der Waals surface area contributed by atoms with Crippen LogP contribution in [-0.2, 0) is 0 Å². The fraction of sp³-hybridized carbons (Fsp3) is 0.267. The molecule has 0 bridgehead atoms. The van der Waals surface area contributed by atoms with E-state index in [9.17, 15) is 0 Å². The molecular weight excluding hydrogens is 286 g/mol. The van der Waals surface area contributed by atoms with Crippen LogP contribution < -0.4 is 9.80 Å². The van der Waals surface area contributed by atoms with Gasteiger partial charge < -0.3 is 9.80 Å². The maximum absolute atomic E-state index is 8.83. The molecule has 1 aliphatic rings. The van der Waals surface area contributed by atoms with Crippen molar-refractivity contribution in [2.45, 2.75) is 0 Å². The zero-order valence-electron chi connectivity index (χ0n) is 11.4. The third-order valence-corrected chi connectivity index (χ3v) is 3.76. The Balaban J connectivity index is 1.66. The molecule has 3 rings (SSSR count). The van der Waals surface area contributed by atoms with Gasteiger partial charge in [0, 0.05) is 38.1 Å². The monoisotopic (exact) mass is 299 g/mol. The largest absolute Gasteiger partial charge is 0.368 e. The highest BCUT2D eigenvalue weighted by atomic mass is 35.5. The van der Waals surface area contributed by atoms with Gasteiger partial charge in [0.05, 0.1) is 11.6 Å². The van der Waals surface area contributed by atoms with Crippen LogP contribution in [0.1, 0.15) is 5.56 Å². The predicted octanol–water partition coefficient (Wildman–Crippen LogP) is 2.33. The second kappa shape index (κ2) is 5.98. The predicted molar refractivity (Wildman–Crippen MR) is 82.6 cm³/mol. The van der Waals surface area contributed by atoms with Crippen LogP contribution >= 0.6 is 11.6 Å². The molecule has 0 spiro atoms. The van der Waals surface area contributed by atoms with E-state index < -0.39 is 0 Å². The van der Waals surface area contributed by atoms with E-state index in [1.165, 1.54) is 0 Å². The van der Waals surface area contributed by atoms with E-state index in [0.29, 0.717) is 5.56 Å². The van der Waals surface area contributed by atoms with Crippen LogP contribution in [0.3, 0.4) is 0 Å². The van der Waals surface area contributed by atoms with Gasteiger partial charge in [-0.1, -0.05) is 0 Å². The Morgan fingerprint density at radius 2 is 1.67 bits per heavy atom. The van der Waals surface area contributed by atoms with Gasteiger partial charge in [0.2, 0.25) is 5.28 Å². The van der Waals surface area contributed by atoms with Crippen LogP contribution in [0.25, 0.3) is 0 Å². The molecule has 106 valence electrons. The second-order valence-electron chi connectivity index (χ2n) is 4.82. The van der Waals surface area contributed by atoms with Crippen LogP contribution in [0.5, 0.6) is 0 Å². The first-order chi connectivity index (χ1) is 10.3. The van der Waals surface area contributed by atoms with Gasteiger partial charge in [0.1, 0.15) is 5.82 Å². The summed E-state index contributed by atoms with van der Waals surface area (Å²) in [6.45, 7) is 3.59. The van der Waals surface area contributed by atoms with Crippen molar-refractivity contribution in [2.24, 2.45) is 0 Å². The minimum atomic E-state index is 0.280.